The van der Waals surface area contributed by atoms with E-state index in [0.29, 0.717) is 36.0 Å². The van der Waals surface area contributed by atoms with Crippen LogP contribution in [-0.2, 0) is 14.8 Å². The average Bonchev–Trinajstić information content (AvgIpc) is 2.93. The number of amides is 1. The Hall–Kier alpha value is -1.20. The predicted octanol–water partition coefficient (Wildman–Crippen LogP) is 2.87. The number of hydrogen-bond donors (Lipinski definition) is 3. The van der Waals surface area contributed by atoms with Gasteiger partial charge in [-0.25, -0.2) is 18.4 Å². The Labute approximate surface area is 169 Å². The number of piperidine rings is 1. The second-order valence-corrected chi connectivity index (χ2v) is 11.8. The number of carbonyl (C=O) groups is 1. The van der Waals surface area contributed by atoms with Crippen LogP contribution in [0.15, 0.2) is 22.5 Å². The lowest BCUT2D eigenvalue weighted by atomic mass is 9.97. The molecule has 2 aromatic rings. The third-order valence-corrected chi connectivity index (χ3v) is 7.89. The zero-order valence-electron chi connectivity index (χ0n) is 15.5. The van der Waals surface area contributed by atoms with Gasteiger partial charge in [0.1, 0.15) is 4.34 Å². The van der Waals surface area contributed by atoms with Gasteiger partial charge in [-0.2, -0.15) is 0 Å². The first-order chi connectivity index (χ1) is 12.5. The minimum absolute atomic E-state index is 0.0472. The number of benzene rings is 1. The lowest BCUT2D eigenvalue weighted by molar-refractivity contribution is -0.121. The molecular weight excluding hydrogens is 404 g/mol. The molecule has 0 unspecified atom stereocenters. The number of nitrogens with one attached hydrogen (secondary N) is 2. The van der Waals surface area contributed by atoms with E-state index in [4.69, 9.17) is 0 Å². The van der Waals surface area contributed by atoms with Gasteiger partial charge in [0.2, 0.25) is 15.9 Å². The quantitative estimate of drug-likeness (QED) is 0.652. The highest BCUT2D eigenvalue weighted by atomic mass is 32.2. The van der Waals surface area contributed by atoms with Gasteiger partial charge in [-0.05, 0) is 51.8 Å². The fourth-order valence-corrected chi connectivity index (χ4v) is 4.66. The maximum Gasteiger partial charge on any atom is 0.229 e. The second kappa shape index (κ2) is 7.67. The molecule has 1 aliphatic rings. The Morgan fingerprint density at radius 3 is 2.59 bits per heavy atom. The second-order valence-electron chi connectivity index (χ2n) is 7.64. The average molecular weight is 429 g/mol. The molecule has 3 rings (SSSR count). The van der Waals surface area contributed by atoms with Gasteiger partial charge >= 0.3 is 0 Å². The van der Waals surface area contributed by atoms with Crippen LogP contribution >= 0.6 is 24.0 Å². The highest BCUT2D eigenvalue weighted by Gasteiger charge is 2.33. The smallest absolute Gasteiger partial charge is 0.229 e. The van der Waals surface area contributed by atoms with Crippen LogP contribution < -0.4 is 10.1 Å². The van der Waals surface area contributed by atoms with Crippen LogP contribution in [-0.4, -0.2) is 42.2 Å². The molecule has 1 amide bonds. The van der Waals surface area contributed by atoms with Crippen LogP contribution in [0.4, 0.5) is 5.69 Å². The van der Waals surface area contributed by atoms with Crippen molar-refractivity contribution in [3.8, 4) is 0 Å². The van der Waals surface area contributed by atoms with Crippen molar-refractivity contribution in [1.29, 1.82) is 0 Å². The van der Waals surface area contributed by atoms with Gasteiger partial charge in [0.05, 0.1) is 15.0 Å². The van der Waals surface area contributed by atoms with Gasteiger partial charge < -0.3 is 5.32 Å². The Morgan fingerprint density at radius 1 is 1.30 bits per heavy atom. The van der Waals surface area contributed by atoms with Crippen molar-refractivity contribution in [3.05, 3.63) is 18.2 Å². The molecular formula is C17H24N4O3S3. The van der Waals surface area contributed by atoms with Crippen LogP contribution in [0, 0.1) is 5.92 Å². The summed E-state index contributed by atoms with van der Waals surface area (Å²) >= 11 is 5.75. The van der Waals surface area contributed by atoms with Crippen molar-refractivity contribution in [2.75, 3.05) is 18.4 Å². The van der Waals surface area contributed by atoms with Crippen molar-refractivity contribution in [3.63, 3.8) is 0 Å². The largest absolute Gasteiger partial charge is 0.326 e. The maximum atomic E-state index is 12.6. The molecule has 0 saturated carbocycles. The number of aromatic nitrogens is 1. The minimum atomic E-state index is -3.44. The number of carbonyl (C=O) groups excluding carboxylic acids is 1. The first kappa shape index (κ1) is 20.5. The molecule has 7 nitrogen and oxygen atoms in total. The summed E-state index contributed by atoms with van der Waals surface area (Å²) < 4.78 is 25.3. The Kier molecular flexibility index (Phi) is 5.83. The molecule has 2 heterocycles. The molecule has 10 heteroatoms. The summed E-state index contributed by atoms with van der Waals surface area (Å²) in [7, 11) is -3.44. The van der Waals surface area contributed by atoms with Crippen molar-refractivity contribution in [2.24, 2.45) is 5.92 Å². The standard InChI is InChI=1S/C17H24N4O3S3/c1-17(2,3)27(23,24)20-21-8-6-11(7-9-21)15(22)18-12-4-5-14-13(10-12)19-16(25)26-14/h4-5,10-11,20H,6-9H2,1-3H3,(H,18,22)(H,19,25). The molecule has 0 aliphatic carbocycles. The first-order valence-corrected chi connectivity index (χ1v) is 11.5. The molecule has 1 fully saturated rings. The zero-order chi connectivity index (χ0) is 19.8. The Bertz CT molecular complexity index is 942. The van der Waals surface area contributed by atoms with E-state index in [1.54, 1.807) is 25.8 Å². The third kappa shape index (κ3) is 4.80. The fourth-order valence-electron chi connectivity index (χ4n) is 2.78. The maximum absolute atomic E-state index is 12.6. The number of hydrazine groups is 1. The number of thiazole rings is 1. The Balaban J connectivity index is 1.56. The topological polar surface area (TPSA) is 91.4 Å². The molecule has 2 N–H and O–H groups in total. The van der Waals surface area contributed by atoms with Crippen LogP contribution in [0.5, 0.6) is 0 Å². The van der Waals surface area contributed by atoms with Gasteiger partial charge in [0, 0.05) is 24.7 Å². The van der Waals surface area contributed by atoms with Gasteiger partial charge in [0.25, 0.3) is 0 Å². The monoisotopic (exact) mass is 428 g/mol. The van der Waals surface area contributed by atoms with E-state index >= 15 is 0 Å². The van der Waals surface area contributed by atoms with Crippen molar-refractivity contribution in [1.82, 2.24) is 14.8 Å². The summed E-state index contributed by atoms with van der Waals surface area (Å²) in [6, 6.07) is 5.63. The lowest BCUT2D eigenvalue weighted by Gasteiger charge is -2.33. The molecule has 1 aromatic heterocycles. The highest BCUT2D eigenvalue weighted by molar-refractivity contribution is 7.90. The summed E-state index contributed by atoms with van der Waals surface area (Å²) in [4.78, 5) is 19.5. The molecule has 0 atom stereocenters. The number of rotatable bonds is 4. The van der Waals surface area contributed by atoms with E-state index in [-0.39, 0.29) is 11.8 Å². The van der Waals surface area contributed by atoms with E-state index < -0.39 is 14.8 Å². The third-order valence-electron chi connectivity index (χ3n) is 4.57. The zero-order valence-corrected chi connectivity index (χ0v) is 18.0. The lowest BCUT2D eigenvalue weighted by Crippen LogP contribution is -2.52. The number of hydrogen-bond acceptors (Lipinski definition) is 7. The summed E-state index contributed by atoms with van der Waals surface area (Å²) in [5.74, 6) is -0.194. The van der Waals surface area contributed by atoms with Gasteiger partial charge in [-0.15, -0.1) is 28.8 Å². The van der Waals surface area contributed by atoms with Crippen molar-refractivity contribution < 1.29 is 13.2 Å². The molecule has 1 aliphatic heterocycles. The molecule has 1 aromatic carbocycles. The van der Waals surface area contributed by atoms with Gasteiger partial charge in [0.15, 0.2) is 0 Å². The molecule has 0 bridgehead atoms. The van der Waals surface area contributed by atoms with E-state index in [0.717, 1.165) is 10.2 Å². The summed E-state index contributed by atoms with van der Waals surface area (Å²) in [6.07, 6.45) is 1.19. The fraction of sp³-hybridized carbons (Fsp3) is 0.529. The van der Waals surface area contributed by atoms with Crippen LogP contribution in [0.3, 0.4) is 0 Å². The van der Waals surface area contributed by atoms with Gasteiger partial charge in [-0.3, -0.25) is 4.79 Å². The van der Waals surface area contributed by atoms with Crippen LogP contribution in [0.2, 0.25) is 0 Å². The normalized spacial score (nSPS) is 17.3. The summed E-state index contributed by atoms with van der Waals surface area (Å²) in [5.41, 5.74) is 1.52. The minimum Gasteiger partial charge on any atom is -0.326 e. The van der Waals surface area contributed by atoms with E-state index in [1.165, 1.54) is 11.3 Å². The van der Waals surface area contributed by atoms with Gasteiger partial charge in [-0.1, -0.05) is 0 Å². The summed E-state index contributed by atoms with van der Waals surface area (Å²) in [6.45, 7) is 5.98. The van der Waals surface area contributed by atoms with E-state index in [1.807, 2.05) is 18.2 Å². The highest BCUT2D eigenvalue weighted by Crippen LogP contribution is 2.27. The van der Waals surface area contributed by atoms with Crippen LogP contribution in [0.25, 0.3) is 10.2 Å². The van der Waals surface area contributed by atoms with Crippen LogP contribution in [0.1, 0.15) is 33.6 Å². The van der Waals surface area contributed by atoms with E-state index in [9.17, 15) is 13.2 Å². The number of thiol groups is 1. The SMILES string of the molecule is CC(C)(C)S(=O)(=O)NN1CCC(C(=O)Nc2ccc3sc(S)nc3c2)CC1. The number of nitrogens with zero attached hydrogens (tertiary/aromatic N) is 2. The molecule has 27 heavy (non-hydrogen) atoms. The summed E-state index contributed by atoms with van der Waals surface area (Å²) in [5, 5.41) is 4.62. The number of fused-ring (bicyclic) bond motifs is 1. The number of anilines is 1. The van der Waals surface area contributed by atoms with E-state index in [2.05, 4.69) is 27.8 Å². The van der Waals surface area contributed by atoms with Crippen molar-refractivity contribution >= 4 is 55.8 Å². The molecule has 148 valence electrons. The first-order valence-electron chi connectivity index (χ1n) is 8.72. The number of sulfonamides is 1. The predicted molar refractivity (Wildman–Crippen MR) is 112 cm³/mol. The molecule has 0 spiro atoms. The molecule has 0 radical (unpaired) electrons. The Morgan fingerprint density at radius 2 is 1.96 bits per heavy atom. The molecule has 1 saturated heterocycles. The van der Waals surface area contributed by atoms with Crippen molar-refractivity contribution in [2.45, 2.75) is 42.7 Å².